The van der Waals surface area contributed by atoms with Gasteiger partial charge < -0.3 is 5.32 Å². The van der Waals surface area contributed by atoms with E-state index in [-0.39, 0.29) is 15.8 Å². The third-order valence-corrected chi connectivity index (χ3v) is 3.41. The van der Waals surface area contributed by atoms with E-state index in [9.17, 15) is 14.5 Å². The number of anilines is 1. The van der Waals surface area contributed by atoms with E-state index in [4.69, 9.17) is 0 Å². The molecule has 0 spiro atoms. The minimum atomic E-state index is -0.533. The zero-order chi connectivity index (χ0) is 14.5. The van der Waals surface area contributed by atoms with Crippen LogP contribution in [0.3, 0.4) is 0 Å². The van der Waals surface area contributed by atoms with Gasteiger partial charge in [0.05, 0.1) is 9.40 Å². The Balaban J connectivity index is 2.09. The first-order valence-electron chi connectivity index (χ1n) is 5.99. The highest BCUT2D eigenvalue weighted by molar-refractivity contribution is 9.10. The average molecular weight is 339 g/mol. The topological polar surface area (TPSA) is 55.2 Å². The predicted octanol–water partition coefficient (Wildman–Crippen LogP) is 4.15. The molecule has 0 aliphatic rings. The van der Waals surface area contributed by atoms with Gasteiger partial charge in [0.2, 0.25) is 0 Å². The lowest BCUT2D eigenvalue weighted by atomic mass is 10.1. The van der Waals surface area contributed by atoms with E-state index in [0.717, 1.165) is 11.6 Å². The summed E-state index contributed by atoms with van der Waals surface area (Å²) in [6, 6.07) is 12.0. The lowest BCUT2D eigenvalue weighted by Gasteiger charge is -2.08. The van der Waals surface area contributed by atoms with Crippen molar-refractivity contribution in [2.75, 3.05) is 11.9 Å². The highest BCUT2D eigenvalue weighted by Crippen LogP contribution is 2.30. The summed E-state index contributed by atoms with van der Waals surface area (Å²) in [4.78, 5) is 10.4. The van der Waals surface area contributed by atoms with E-state index in [1.807, 2.05) is 30.3 Å². The maximum Gasteiger partial charge on any atom is 0.293 e. The quantitative estimate of drug-likeness (QED) is 0.658. The van der Waals surface area contributed by atoms with E-state index in [2.05, 4.69) is 21.2 Å². The van der Waals surface area contributed by atoms with Gasteiger partial charge in [-0.3, -0.25) is 10.1 Å². The van der Waals surface area contributed by atoms with Gasteiger partial charge in [0.25, 0.3) is 5.69 Å². The summed E-state index contributed by atoms with van der Waals surface area (Å²) in [5.74, 6) is -0.530. The largest absolute Gasteiger partial charge is 0.379 e. The summed E-state index contributed by atoms with van der Waals surface area (Å²) in [7, 11) is 0. The predicted molar refractivity (Wildman–Crippen MR) is 79.4 cm³/mol. The molecule has 0 fully saturated rings. The molecule has 0 atom stereocenters. The van der Waals surface area contributed by atoms with Crippen LogP contribution in [0.1, 0.15) is 5.56 Å². The molecule has 0 heterocycles. The summed E-state index contributed by atoms with van der Waals surface area (Å²) < 4.78 is 13.5. The Bertz CT molecular complexity index is 620. The van der Waals surface area contributed by atoms with Gasteiger partial charge in [-0.15, -0.1) is 0 Å². The molecule has 2 rings (SSSR count). The Kier molecular flexibility index (Phi) is 4.68. The van der Waals surface area contributed by atoms with Crippen molar-refractivity contribution < 1.29 is 9.31 Å². The van der Waals surface area contributed by atoms with E-state index >= 15 is 0 Å². The molecule has 0 aliphatic carbocycles. The van der Waals surface area contributed by atoms with Crippen LogP contribution in [0.2, 0.25) is 0 Å². The Morgan fingerprint density at radius 1 is 1.25 bits per heavy atom. The van der Waals surface area contributed by atoms with Crippen molar-refractivity contribution in [3.63, 3.8) is 0 Å². The number of nitrogens with zero attached hydrogens (tertiary/aromatic N) is 1. The molecule has 4 nitrogen and oxygen atoms in total. The normalized spacial score (nSPS) is 10.3. The van der Waals surface area contributed by atoms with Gasteiger partial charge in [-0.05, 0) is 27.9 Å². The number of hydrogen-bond acceptors (Lipinski definition) is 3. The number of nitro benzene ring substituents is 1. The van der Waals surface area contributed by atoms with Crippen LogP contribution in [0.4, 0.5) is 15.8 Å². The lowest BCUT2D eigenvalue weighted by molar-refractivity contribution is -0.384. The molecule has 2 aromatic rings. The second-order valence-electron chi connectivity index (χ2n) is 4.20. The summed E-state index contributed by atoms with van der Waals surface area (Å²) in [6.07, 6.45) is 0.704. The molecule has 0 saturated heterocycles. The van der Waals surface area contributed by atoms with Crippen LogP contribution in [0.5, 0.6) is 0 Å². The van der Waals surface area contributed by atoms with Crippen LogP contribution in [-0.2, 0) is 6.42 Å². The van der Waals surface area contributed by atoms with Crippen molar-refractivity contribution in [2.45, 2.75) is 6.42 Å². The van der Waals surface area contributed by atoms with E-state index < -0.39 is 10.7 Å². The molecule has 0 unspecified atom stereocenters. The first-order chi connectivity index (χ1) is 9.58. The maximum absolute atomic E-state index is 13.5. The zero-order valence-electron chi connectivity index (χ0n) is 10.5. The lowest BCUT2D eigenvalue weighted by Crippen LogP contribution is -2.07. The molecule has 0 aromatic heterocycles. The van der Waals surface area contributed by atoms with Crippen LogP contribution in [0.25, 0.3) is 0 Å². The highest BCUT2D eigenvalue weighted by atomic mass is 79.9. The Labute approximate surface area is 123 Å². The van der Waals surface area contributed by atoms with Crippen LogP contribution in [-0.4, -0.2) is 11.5 Å². The van der Waals surface area contributed by atoms with Crippen molar-refractivity contribution in [1.29, 1.82) is 0 Å². The maximum atomic E-state index is 13.5. The van der Waals surface area contributed by atoms with Crippen LogP contribution in [0, 0.1) is 15.9 Å². The Morgan fingerprint density at radius 3 is 2.60 bits per heavy atom. The van der Waals surface area contributed by atoms with Crippen molar-refractivity contribution in [2.24, 2.45) is 0 Å². The summed E-state index contributed by atoms with van der Waals surface area (Å²) in [5, 5.41) is 13.8. The number of halogens is 2. The second-order valence-corrected chi connectivity index (χ2v) is 5.06. The molecule has 1 N–H and O–H groups in total. The molecule has 20 heavy (non-hydrogen) atoms. The number of nitrogens with one attached hydrogen (secondary N) is 1. The molecular formula is C14H12BrFN2O2. The van der Waals surface area contributed by atoms with Gasteiger partial charge in [-0.25, -0.2) is 4.39 Å². The molecule has 104 valence electrons. The van der Waals surface area contributed by atoms with Gasteiger partial charge in [0, 0.05) is 18.7 Å². The summed E-state index contributed by atoms with van der Waals surface area (Å²) >= 11 is 2.95. The molecule has 0 saturated carbocycles. The molecule has 0 amide bonds. The minimum Gasteiger partial charge on any atom is -0.379 e. The summed E-state index contributed by atoms with van der Waals surface area (Å²) in [5.41, 5.74) is 1.15. The SMILES string of the molecule is O=[N+]([O-])c1cc(Br)c(F)cc1NCCc1ccccc1. The van der Waals surface area contributed by atoms with E-state index in [1.54, 1.807) is 0 Å². The van der Waals surface area contributed by atoms with E-state index in [0.29, 0.717) is 13.0 Å². The van der Waals surface area contributed by atoms with Gasteiger partial charge in [-0.1, -0.05) is 30.3 Å². The van der Waals surface area contributed by atoms with Gasteiger partial charge in [0.15, 0.2) is 0 Å². The molecule has 6 heteroatoms. The molecule has 2 aromatic carbocycles. The van der Waals surface area contributed by atoms with Crippen molar-refractivity contribution in [1.82, 2.24) is 0 Å². The molecule has 0 aliphatic heterocycles. The monoisotopic (exact) mass is 338 g/mol. The minimum absolute atomic E-state index is 0.0813. The Hall–Kier alpha value is -1.95. The van der Waals surface area contributed by atoms with Crippen LogP contribution >= 0.6 is 15.9 Å². The Morgan fingerprint density at radius 2 is 1.95 bits per heavy atom. The fraction of sp³-hybridized carbons (Fsp3) is 0.143. The van der Waals surface area contributed by atoms with Gasteiger partial charge >= 0.3 is 0 Å². The average Bonchev–Trinajstić information content (AvgIpc) is 2.43. The molecule has 0 radical (unpaired) electrons. The highest BCUT2D eigenvalue weighted by Gasteiger charge is 2.17. The van der Waals surface area contributed by atoms with Crippen molar-refractivity contribution in [3.05, 3.63) is 68.4 Å². The third kappa shape index (κ3) is 3.54. The summed E-state index contributed by atoms with van der Waals surface area (Å²) in [6.45, 7) is 0.492. The van der Waals surface area contributed by atoms with Gasteiger partial charge in [-0.2, -0.15) is 0 Å². The third-order valence-electron chi connectivity index (χ3n) is 2.81. The van der Waals surface area contributed by atoms with Crippen molar-refractivity contribution in [3.8, 4) is 0 Å². The number of nitro groups is 1. The number of rotatable bonds is 5. The van der Waals surface area contributed by atoms with Crippen LogP contribution in [0.15, 0.2) is 46.9 Å². The fourth-order valence-corrected chi connectivity index (χ4v) is 2.15. The second kappa shape index (κ2) is 6.47. The van der Waals surface area contributed by atoms with Gasteiger partial charge in [0.1, 0.15) is 11.5 Å². The zero-order valence-corrected chi connectivity index (χ0v) is 12.1. The smallest absolute Gasteiger partial charge is 0.293 e. The molecule has 0 bridgehead atoms. The number of benzene rings is 2. The first kappa shape index (κ1) is 14.5. The standard InChI is InChI=1S/C14H12BrFN2O2/c15-11-8-14(18(19)20)13(9-12(11)16)17-7-6-10-4-2-1-3-5-10/h1-5,8-9,17H,6-7H2. The first-order valence-corrected chi connectivity index (χ1v) is 6.78. The van der Waals surface area contributed by atoms with Crippen molar-refractivity contribution >= 4 is 27.3 Å². The van der Waals surface area contributed by atoms with Crippen LogP contribution < -0.4 is 5.32 Å². The number of hydrogen-bond donors (Lipinski definition) is 1. The van der Waals surface area contributed by atoms with E-state index in [1.165, 1.54) is 6.07 Å². The fourth-order valence-electron chi connectivity index (χ4n) is 1.82. The molecular weight excluding hydrogens is 327 g/mol.